The summed E-state index contributed by atoms with van der Waals surface area (Å²) in [5, 5.41) is 6.53. The first-order valence-electron chi connectivity index (χ1n) is 7.92. The van der Waals surface area contributed by atoms with Gasteiger partial charge in [-0.15, -0.1) is 0 Å². The third-order valence-corrected chi connectivity index (χ3v) is 3.69. The average molecular weight is 297 g/mol. The zero-order valence-electron chi connectivity index (χ0n) is 13.2. The minimum atomic E-state index is 0.350. The molecule has 1 aromatic carbocycles. The van der Waals surface area contributed by atoms with Crippen molar-refractivity contribution in [1.82, 2.24) is 9.97 Å². The molecule has 1 aliphatic heterocycles. The van der Waals surface area contributed by atoms with Gasteiger partial charge in [0, 0.05) is 36.7 Å². The molecule has 0 unspecified atom stereocenters. The Morgan fingerprint density at radius 1 is 1.05 bits per heavy atom. The summed E-state index contributed by atoms with van der Waals surface area (Å²) in [6.45, 7) is 6.51. The van der Waals surface area contributed by atoms with Crippen molar-refractivity contribution in [3.8, 4) is 0 Å². The van der Waals surface area contributed by atoms with E-state index in [0.717, 1.165) is 11.5 Å². The van der Waals surface area contributed by atoms with Crippen LogP contribution in [0, 0.1) is 0 Å². The van der Waals surface area contributed by atoms with Crippen LogP contribution >= 0.6 is 0 Å². The van der Waals surface area contributed by atoms with Gasteiger partial charge in [-0.2, -0.15) is 4.98 Å². The molecule has 1 aliphatic rings. The molecule has 0 bridgehead atoms. The van der Waals surface area contributed by atoms with Crippen molar-refractivity contribution in [3.05, 3.63) is 36.5 Å². The maximum atomic E-state index is 4.46. The van der Waals surface area contributed by atoms with Gasteiger partial charge in [0.1, 0.15) is 5.82 Å². The number of hydrogen-bond acceptors (Lipinski definition) is 5. The highest BCUT2D eigenvalue weighted by Gasteiger charge is 2.11. The van der Waals surface area contributed by atoms with Crippen LogP contribution in [0.2, 0.25) is 0 Å². The Morgan fingerprint density at radius 3 is 2.45 bits per heavy atom. The van der Waals surface area contributed by atoms with E-state index < -0.39 is 0 Å². The van der Waals surface area contributed by atoms with Crippen molar-refractivity contribution < 1.29 is 0 Å². The molecule has 1 aromatic heterocycles. The lowest BCUT2D eigenvalue weighted by atomic mass is 10.2. The third kappa shape index (κ3) is 3.67. The number of rotatable bonds is 5. The minimum absolute atomic E-state index is 0.350. The van der Waals surface area contributed by atoms with Crippen LogP contribution in [0.5, 0.6) is 0 Å². The fraction of sp³-hybridized carbons (Fsp3) is 0.412. The molecule has 0 spiro atoms. The molecule has 2 heterocycles. The molecule has 0 aliphatic carbocycles. The fourth-order valence-corrected chi connectivity index (χ4v) is 2.66. The Hall–Kier alpha value is -2.30. The average Bonchev–Trinajstić information content (AvgIpc) is 3.02. The molecule has 5 nitrogen and oxygen atoms in total. The number of aromatic nitrogens is 2. The first kappa shape index (κ1) is 14.6. The minimum Gasteiger partial charge on any atom is -0.372 e. The number of hydrogen-bond donors (Lipinski definition) is 2. The van der Waals surface area contributed by atoms with Crippen molar-refractivity contribution in [3.63, 3.8) is 0 Å². The molecular formula is C17H23N5. The molecule has 22 heavy (non-hydrogen) atoms. The van der Waals surface area contributed by atoms with Crippen LogP contribution in [0.3, 0.4) is 0 Å². The monoisotopic (exact) mass is 297 g/mol. The fourth-order valence-electron chi connectivity index (χ4n) is 2.66. The van der Waals surface area contributed by atoms with Crippen LogP contribution in [-0.2, 0) is 0 Å². The lowest BCUT2D eigenvalue weighted by molar-refractivity contribution is 0.887. The van der Waals surface area contributed by atoms with Gasteiger partial charge in [0.05, 0.1) is 0 Å². The van der Waals surface area contributed by atoms with E-state index in [2.05, 4.69) is 63.6 Å². The maximum Gasteiger partial charge on any atom is 0.229 e. The Kier molecular flexibility index (Phi) is 4.42. The van der Waals surface area contributed by atoms with E-state index >= 15 is 0 Å². The SMILES string of the molecule is CC(C)Nc1ccnc(Nc2ccc(N3CCCC3)cc2)n1. The first-order valence-corrected chi connectivity index (χ1v) is 7.92. The standard InChI is InChI=1S/C17H23N5/c1-13(2)19-16-9-10-18-17(21-16)20-14-5-7-15(8-6-14)22-11-3-4-12-22/h5-10,13H,3-4,11-12H2,1-2H3,(H2,18,19,20,21). The van der Waals surface area contributed by atoms with Crippen LogP contribution in [0.4, 0.5) is 23.1 Å². The van der Waals surface area contributed by atoms with Crippen LogP contribution < -0.4 is 15.5 Å². The van der Waals surface area contributed by atoms with Gasteiger partial charge >= 0.3 is 0 Å². The molecule has 2 N–H and O–H groups in total. The smallest absolute Gasteiger partial charge is 0.229 e. The molecule has 0 saturated carbocycles. The number of benzene rings is 1. The Morgan fingerprint density at radius 2 is 1.77 bits per heavy atom. The lowest BCUT2D eigenvalue weighted by Crippen LogP contribution is -2.17. The van der Waals surface area contributed by atoms with Gasteiger partial charge in [-0.05, 0) is 57.0 Å². The second kappa shape index (κ2) is 6.64. The topological polar surface area (TPSA) is 53.1 Å². The van der Waals surface area contributed by atoms with Crippen LogP contribution in [0.25, 0.3) is 0 Å². The predicted octanol–water partition coefficient (Wildman–Crippen LogP) is 3.64. The van der Waals surface area contributed by atoms with Crippen molar-refractivity contribution in [1.29, 1.82) is 0 Å². The highest BCUT2D eigenvalue weighted by molar-refractivity contribution is 5.60. The zero-order valence-corrected chi connectivity index (χ0v) is 13.2. The number of nitrogens with zero attached hydrogens (tertiary/aromatic N) is 3. The second-order valence-electron chi connectivity index (χ2n) is 5.93. The van der Waals surface area contributed by atoms with Gasteiger partial charge in [0.25, 0.3) is 0 Å². The van der Waals surface area contributed by atoms with E-state index in [4.69, 9.17) is 0 Å². The van der Waals surface area contributed by atoms with Crippen LogP contribution in [0.15, 0.2) is 36.5 Å². The molecule has 1 saturated heterocycles. The molecule has 0 atom stereocenters. The summed E-state index contributed by atoms with van der Waals surface area (Å²) in [5.74, 6) is 1.45. The van der Waals surface area contributed by atoms with E-state index in [-0.39, 0.29) is 0 Å². The number of nitrogens with one attached hydrogen (secondary N) is 2. The highest BCUT2D eigenvalue weighted by atomic mass is 15.2. The summed E-state index contributed by atoms with van der Waals surface area (Å²) in [6.07, 6.45) is 4.35. The summed E-state index contributed by atoms with van der Waals surface area (Å²) >= 11 is 0. The predicted molar refractivity (Wildman–Crippen MR) is 92.0 cm³/mol. The van der Waals surface area contributed by atoms with Crippen molar-refractivity contribution in [2.75, 3.05) is 28.6 Å². The first-order chi connectivity index (χ1) is 10.7. The summed E-state index contributed by atoms with van der Waals surface area (Å²) in [6, 6.07) is 10.7. The maximum absolute atomic E-state index is 4.46. The summed E-state index contributed by atoms with van der Waals surface area (Å²) in [4.78, 5) is 11.2. The van der Waals surface area contributed by atoms with E-state index in [1.54, 1.807) is 6.20 Å². The Balaban J connectivity index is 1.67. The van der Waals surface area contributed by atoms with E-state index in [9.17, 15) is 0 Å². The Labute approximate surface area is 131 Å². The summed E-state index contributed by atoms with van der Waals surface area (Å²) in [5.41, 5.74) is 2.30. The molecule has 5 heteroatoms. The van der Waals surface area contributed by atoms with Gasteiger partial charge < -0.3 is 15.5 Å². The van der Waals surface area contributed by atoms with Crippen molar-refractivity contribution in [2.45, 2.75) is 32.7 Å². The van der Waals surface area contributed by atoms with Gasteiger partial charge in [-0.25, -0.2) is 4.98 Å². The van der Waals surface area contributed by atoms with Gasteiger partial charge in [0.2, 0.25) is 5.95 Å². The third-order valence-electron chi connectivity index (χ3n) is 3.69. The van der Waals surface area contributed by atoms with Crippen molar-refractivity contribution >= 4 is 23.1 Å². The van der Waals surface area contributed by atoms with Crippen molar-refractivity contribution in [2.24, 2.45) is 0 Å². The van der Waals surface area contributed by atoms with Gasteiger partial charge in [-0.1, -0.05) is 0 Å². The molecule has 3 rings (SSSR count). The number of anilines is 4. The second-order valence-corrected chi connectivity index (χ2v) is 5.93. The van der Waals surface area contributed by atoms with Crippen LogP contribution in [0.1, 0.15) is 26.7 Å². The van der Waals surface area contributed by atoms with Gasteiger partial charge in [-0.3, -0.25) is 0 Å². The van der Waals surface area contributed by atoms with Crippen LogP contribution in [-0.4, -0.2) is 29.1 Å². The molecule has 0 radical (unpaired) electrons. The van der Waals surface area contributed by atoms with Gasteiger partial charge in [0.15, 0.2) is 0 Å². The zero-order chi connectivity index (χ0) is 15.4. The molecule has 0 amide bonds. The van der Waals surface area contributed by atoms with E-state index in [1.165, 1.54) is 31.6 Å². The molecule has 2 aromatic rings. The lowest BCUT2D eigenvalue weighted by Gasteiger charge is -2.17. The van der Waals surface area contributed by atoms with E-state index in [1.807, 2.05) is 6.07 Å². The Bertz CT molecular complexity index is 603. The normalized spacial score (nSPS) is 14.4. The largest absolute Gasteiger partial charge is 0.372 e. The molecule has 1 fully saturated rings. The summed E-state index contributed by atoms with van der Waals surface area (Å²) < 4.78 is 0. The quantitative estimate of drug-likeness (QED) is 0.882. The summed E-state index contributed by atoms with van der Waals surface area (Å²) in [7, 11) is 0. The molecular weight excluding hydrogens is 274 g/mol. The highest BCUT2D eigenvalue weighted by Crippen LogP contribution is 2.23. The molecule has 116 valence electrons. The van der Waals surface area contributed by atoms with E-state index in [0.29, 0.717) is 12.0 Å².